The first-order chi connectivity index (χ1) is 9.24. The second-order valence-electron chi connectivity index (χ2n) is 5.28. The van der Waals surface area contributed by atoms with E-state index in [1.54, 1.807) is 6.33 Å². The maximum absolute atomic E-state index is 4.38. The first kappa shape index (κ1) is 12.1. The molecule has 3 rings (SSSR count). The number of hydrogen-bond donors (Lipinski definition) is 1. The molecule has 2 heterocycles. The number of nitrogens with one attached hydrogen (secondary N) is 1. The van der Waals surface area contributed by atoms with Gasteiger partial charge in [0.1, 0.15) is 12.1 Å². The van der Waals surface area contributed by atoms with E-state index in [9.17, 15) is 0 Å². The Morgan fingerprint density at radius 3 is 2.84 bits per heavy atom. The summed E-state index contributed by atoms with van der Waals surface area (Å²) in [4.78, 5) is 8.77. The standard InChI is InChI=1S/C14H19N5/c1-10(2)19-8-11(7-17-19)18-14-12-5-3-4-6-13(12)15-9-16-14/h7-10H,3-6H2,1-2H3,(H,15,16,18). The summed E-state index contributed by atoms with van der Waals surface area (Å²) in [6.07, 6.45) is 10.1. The Hall–Kier alpha value is -1.91. The molecule has 0 unspecified atom stereocenters. The molecule has 5 heteroatoms. The third-order valence-electron chi connectivity index (χ3n) is 3.52. The normalized spacial score (nSPS) is 14.5. The van der Waals surface area contributed by atoms with E-state index >= 15 is 0 Å². The van der Waals surface area contributed by atoms with Gasteiger partial charge >= 0.3 is 0 Å². The summed E-state index contributed by atoms with van der Waals surface area (Å²) in [6, 6.07) is 0.370. The zero-order valence-corrected chi connectivity index (χ0v) is 11.4. The largest absolute Gasteiger partial charge is 0.337 e. The molecule has 0 saturated heterocycles. The molecule has 2 aromatic rings. The summed E-state index contributed by atoms with van der Waals surface area (Å²) in [7, 11) is 0. The van der Waals surface area contributed by atoms with Crippen molar-refractivity contribution in [2.45, 2.75) is 45.6 Å². The Balaban J connectivity index is 1.86. The fourth-order valence-corrected chi connectivity index (χ4v) is 2.45. The van der Waals surface area contributed by atoms with Crippen LogP contribution in [0.3, 0.4) is 0 Å². The molecule has 0 fully saturated rings. The number of nitrogens with zero attached hydrogens (tertiary/aromatic N) is 4. The van der Waals surface area contributed by atoms with Crippen molar-refractivity contribution >= 4 is 11.5 Å². The van der Waals surface area contributed by atoms with Gasteiger partial charge in [-0.25, -0.2) is 9.97 Å². The van der Waals surface area contributed by atoms with Crippen molar-refractivity contribution in [2.75, 3.05) is 5.32 Å². The van der Waals surface area contributed by atoms with Gasteiger partial charge in [0.05, 0.1) is 11.9 Å². The van der Waals surface area contributed by atoms with E-state index in [0.717, 1.165) is 24.3 Å². The first-order valence-electron chi connectivity index (χ1n) is 6.88. The summed E-state index contributed by atoms with van der Waals surface area (Å²) in [5.41, 5.74) is 3.45. The van der Waals surface area contributed by atoms with Crippen molar-refractivity contribution in [3.8, 4) is 0 Å². The first-order valence-corrected chi connectivity index (χ1v) is 6.88. The summed E-state index contributed by atoms with van der Waals surface area (Å²) >= 11 is 0. The smallest absolute Gasteiger partial charge is 0.137 e. The maximum Gasteiger partial charge on any atom is 0.137 e. The molecule has 1 aliphatic carbocycles. The van der Waals surface area contributed by atoms with Crippen LogP contribution < -0.4 is 5.32 Å². The molecule has 0 saturated carbocycles. The zero-order valence-electron chi connectivity index (χ0n) is 11.4. The molecule has 5 nitrogen and oxygen atoms in total. The molecular weight excluding hydrogens is 238 g/mol. The van der Waals surface area contributed by atoms with Gasteiger partial charge in [0, 0.05) is 23.5 Å². The lowest BCUT2D eigenvalue weighted by Crippen LogP contribution is -2.09. The number of hydrogen-bond acceptors (Lipinski definition) is 4. The third-order valence-corrected chi connectivity index (χ3v) is 3.52. The third kappa shape index (κ3) is 2.45. The molecule has 1 aliphatic rings. The predicted octanol–water partition coefficient (Wildman–Crippen LogP) is 2.88. The molecule has 0 radical (unpaired) electrons. The van der Waals surface area contributed by atoms with Gasteiger partial charge in [-0.15, -0.1) is 0 Å². The average Bonchev–Trinajstić information content (AvgIpc) is 2.88. The van der Waals surface area contributed by atoms with Crippen molar-refractivity contribution in [1.29, 1.82) is 0 Å². The van der Waals surface area contributed by atoms with Crippen molar-refractivity contribution in [3.05, 3.63) is 30.0 Å². The quantitative estimate of drug-likeness (QED) is 0.918. The van der Waals surface area contributed by atoms with Gasteiger partial charge in [0.25, 0.3) is 0 Å². The fraction of sp³-hybridized carbons (Fsp3) is 0.500. The number of anilines is 2. The summed E-state index contributed by atoms with van der Waals surface area (Å²) in [5, 5.41) is 7.71. The van der Waals surface area contributed by atoms with Crippen LogP contribution in [0.1, 0.15) is 44.0 Å². The highest BCUT2D eigenvalue weighted by Gasteiger charge is 2.15. The van der Waals surface area contributed by atoms with Crippen LogP contribution in [0.5, 0.6) is 0 Å². The zero-order chi connectivity index (χ0) is 13.2. The highest BCUT2D eigenvalue weighted by atomic mass is 15.3. The number of fused-ring (bicyclic) bond motifs is 1. The Bertz CT molecular complexity index is 573. The molecule has 0 aliphatic heterocycles. The molecule has 0 aromatic carbocycles. The summed E-state index contributed by atoms with van der Waals surface area (Å²) in [6.45, 7) is 4.23. The Morgan fingerprint density at radius 2 is 2.05 bits per heavy atom. The highest BCUT2D eigenvalue weighted by molar-refractivity contribution is 5.58. The van der Waals surface area contributed by atoms with Crippen LogP contribution in [0.2, 0.25) is 0 Å². The van der Waals surface area contributed by atoms with Gasteiger partial charge in [0.2, 0.25) is 0 Å². The van der Waals surface area contributed by atoms with E-state index in [0.29, 0.717) is 6.04 Å². The van der Waals surface area contributed by atoms with Crippen molar-refractivity contribution < 1.29 is 0 Å². The average molecular weight is 257 g/mol. The van der Waals surface area contributed by atoms with Crippen LogP contribution in [0.25, 0.3) is 0 Å². The molecule has 2 aromatic heterocycles. The molecule has 19 heavy (non-hydrogen) atoms. The van der Waals surface area contributed by atoms with Gasteiger partial charge in [-0.3, -0.25) is 4.68 Å². The van der Waals surface area contributed by atoms with Gasteiger partial charge < -0.3 is 5.32 Å². The van der Waals surface area contributed by atoms with E-state index in [2.05, 4.69) is 34.2 Å². The molecule has 0 bridgehead atoms. The Morgan fingerprint density at radius 1 is 1.21 bits per heavy atom. The SMILES string of the molecule is CC(C)n1cc(Nc2ncnc3c2CCCC3)cn1. The molecule has 1 N–H and O–H groups in total. The van der Waals surface area contributed by atoms with E-state index in [1.807, 2.05) is 17.1 Å². The predicted molar refractivity (Wildman–Crippen MR) is 74.6 cm³/mol. The second-order valence-corrected chi connectivity index (χ2v) is 5.28. The minimum absolute atomic E-state index is 0.370. The Kier molecular flexibility index (Phi) is 3.19. The lowest BCUT2D eigenvalue weighted by Gasteiger charge is -2.17. The van der Waals surface area contributed by atoms with E-state index in [1.165, 1.54) is 24.1 Å². The molecule has 0 atom stereocenters. The second kappa shape index (κ2) is 4.99. The summed E-state index contributed by atoms with van der Waals surface area (Å²) in [5.74, 6) is 0.938. The van der Waals surface area contributed by atoms with E-state index in [4.69, 9.17) is 0 Å². The van der Waals surface area contributed by atoms with Crippen molar-refractivity contribution in [1.82, 2.24) is 19.7 Å². The van der Waals surface area contributed by atoms with Crippen LogP contribution in [0.15, 0.2) is 18.7 Å². The van der Waals surface area contributed by atoms with Crippen molar-refractivity contribution in [2.24, 2.45) is 0 Å². The van der Waals surface area contributed by atoms with Crippen molar-refractivity contribution in [3.63, 3.8) is 0 Å². The monoisotopic (exact) mass is 257 g/mol. The van der Waals surface area contributed by atoms with Crippen LogP contribution in [-0.2, 0) is 12.8 Å². The van der Waals surface area contributed by atoms with Crippen LogP contribution in [-0.4, -0.2) is 19.7 Å². The van der Waals surface area contributed by atoms with Crippen LogP contribution in [0, 0.1) is 0 Å². The minimum atomic E-state index is 0.370. The Labute approximate surface area is 113 Å². The van der Waals surface area contributed by atoms with E-state index in [-0.39, 0.29) is 0 Å². The lowest BCUT2D eigenvalue weighted by atomic mass is 9.96. The van der Waals surface area contributed by atoms with Crippen LogP contribution >= 0.6 is 0 Å². The topological polar surface area (TPSA) is 55.6 Å². The minimum Gasteiger partial charge on any atom is -0.337 e. The number of aryl methyl sites for hydroxylation is 1. The maximum atomic E-state index is 4.38. The molecule has 0 amide bonds. The highest BCUT2D eigenvalue weighted by Crippen LogP contribution is 2.26. The van der Waals surface area contributed by atoms with Gasteiger partial charge in [-0.2, -0.15) is 5.10 Å². The number of aromatic nitrogens is 4. The molecule has 0 spiro atoms. The van der Waals surface area contributed by atoms with E-state index < -0.39 is 0 Å². The van der Waals surface area contributed by atoms with Gasteiger partial charge in [-0.1, -0.05) is 0 Å². The fourth-order valence-electron chi connectivity index (χ4n) is 2.45. The van der Waals surface area contributed by atoms with Gasteiger partial charge in [0.15, 0.2) is 0 Å². The molecule has 100 valence electrons. The molecular formula is C14H19N5. The lowest BCUT2D eigenvalue weighted by molar-refractivity contribution is 0.532. The van der Waals surface area contributed by atoms with Crippen LogP contribution in [0.4, 0.5) is 11.5 Å². The summed E-state index contributed by atoms with van der Waals surface area (Å²) < 4.78 is 1.94. The number of rotatable bonds is 3. The van der Waals surface area contributed by atoms with Gasteiger partial charge in [-0.05, 0) is 39.5 Å².